The van der Waals surface area contributed by atoms with E-state index in [0.29, 0.717) is 17.0 Å². The van der Waals surface area contributed by atoms with E-state index in [9.17, 15) is 0 Å². The zero-order valence-corrected chi connectivity index (χ0v) is 52.1. The molecule has 0 saturated heterocycles. The number of hydrogen-bond acceptors (Lipinski definition) is 8. The molecule has 0 bridgehead atoms. The summed E-state index contributed by atoms with van der Waals surface area (Å²) in [5.41, 5.74) is 24.6. The van der Waals surface area contributed by atoms with Crippen LogP contribution in [0.2, 0.25) is 0 Å². The molecule has 0 aliphatic carbocycles. The van der Waals surface area contributed by atoms with Crippen LogP contribution in [-0.2, 0) is 28.2 Å². The fourth-order valence-corrected chi connectivity index (χ4v) is 12.3. The molecule has 0 aliphatic rings. The second-order valence-corrected chi connectivity index (χ2v) is 23.2. The van der Waals surface area contributed by atoms with Gasteiger partial charge in [-0.25, -0.2) is 28.2 Å². The highest BCUT2D eigenvalue weighted by Crippen LogP contribution is 2.39. The van der Waals surface area contributed by atoms with Gasteiger partial charge in [0.1, 0.15) is 56.1 Å². The highest BCUT2D eigenvalue weighted by atomic mass is 16.3. The van der Waals surface area contributed by atoms with Gasteiger partial charge in [0.05, 0.1) is 22.8 Å². The Kier molecular flexibility index (Phi) is 14.0. The molecule has 438 valence electrons. The van der Waals surface area contributed by atoms with Crippen LogP contribution in [0.25, 0.3) is 133 Å². The van der Waals surface area contributed by atoms with E-state index in [0.717, 1.165) is 116 Å². The lowest BCUT2D eigenvalue weighted by Crippen LogP contribution is -2.31. The van der Waals surface area contributed by atoms with Gasteiger partial charge < -0.3 is 17.7 Å². The molecule has 0 N–H and O–H groups in total. The van der Waals surface area contributed by atoms with Crippen molar-refractivity contribution in [3.8, 4) is 45.0 Å². The van der Waals surface area contributed by atoms with Crippen LogP contribution < -0.4 is 18.3 Å². The summed E-state index contributed by atoms with van der Waals surface area (Å²) in [6, 6.07) is 51.4. The van der Waals surface area contributed by atoms with Gasteiger partial charge in [-0.3, -0.25) is 9.97 Å². The molecule has 0 radical (unpaired) electrons. The normalized spacial score (nSPS) is 12.1. The molecule has 89 heavy (non-hydrogen) atoms. The first-order valence-corrected chi connectivity index (χ1v) is 29.7. The van der Waals surface area contributed by atoms with Gasteiger partial charge in [-0.1, -0.05) is 18.2 Å². The van der Waals surface area contributed by atoms with Crippen LogP contribution >= 0.6 is 0 Å². The third kappa shape index (κ3) is 10.8. The number of furan rings is 4. The molecule has 0 aliphatic heterocycles. The van der Waals surface area contributed by atoms with Gasteiger partial charge in [0.25, 0.3) is 0 Å². The number of aromatic nitrogens is 8. The molecule has 16 rings (SSSR count). The first-order chi connectivity index (χ1) is 44.2. The van der Waals surface area contributed by atoms with Gasteiger partial charge in [0, 0.05) is 136 Å². The largest absolute Gasteiger partial charge is 0.456 e. The van der Waals surface area contributed by atoms with E-state index in [1.165, 1.54) is 50.5 Å². The van der Waals surface area contributed by atoms with E-state index in [1.807, 2.05) is 112 Å². The van der Waals surface area contributed by atoms with Crippen LogP contribution in [0.4, 0.5) is 0 Å². The first-order valence-electron chi connectivity index (χ1n) is 31.2. The zero-order chi connectivity index (χ0) is 64.4. The summed E-state index contributed by atoms with van der Waals surface area (Å²) in [5.74, 6) is 0. The van der Waals surface area contributed by atoms with E-state index in [-0.39, 0.29) is 0 Å². The average molecular weight is 1170 g/mol. The predicted molar refractivity (Wildman–Crippen MR) is 355 cm³/mol. The van der Waals surface area contributed by atoms with Crippen molar-refractivity contribution >= 4 is 88.0 Å². The quantitative estimate of drug-likeness (QED) is 0.160. The van der Waals surface area contributed by atoms with Crippen molar-refractivity contribution in [1.82, 2.24) is 19.9 Å². The van der Waals surface area contributed by atoms with Gasteiger partial charge in [0.2, 0.25) is 34.2 Å². The molecule has 12 heteroatoms. The number of aryl methyl sites for hydroxylation is 13. The molecule has 4 aromatic carbocycles. The summed E-state index contributed by atoms with van der Waals surface area (Å²) in [5, 5.41) is 8.68. The Bertz CT molecular complexity index is 5400. The summed E-state index contributed by atoms with van der Waals surface area (Å²) in [6.07, 6.45) is 11.6. The summed E-state index contributed by atoms with van der Waals surface area (Å²) < 4.78 is 54.8. The molecule has 12 nitrogen and oxygen atoms in total. The number of para-hydroxylation sites is 1. The second-order valence-electron chi connectivity index (χ2n) is 23.2. The molecule has 12 heterocycles. The Hall–Kier alpha value is -10.7. The van der Waals surface area contributed by atoms with Crippen molar-refractivity contribution in [2.45, 2.75) is 62.2 Å². The van der Waals surface area contributed by atoms with E-state index >= 15 is 0 Å². The Morgan fingerprint density at radius 2 is 0.876 bits per heavy atom. The molecule has 0 amide bonds. The third-order valence-electron chi connectivity index (χ3n) is 16.8. The van der Waals surface area contributed by atoms with Crippen molar-refractivity contribution in [3.05, 3.63) is 239 Å². The molecule has 0 unspecified atom stereocenters. The molecular weight excluding hydrogens is 1100 g/mol. The maximum absolute atomic E-state index is 7.60. The maximum atomic E-state index is 7.60. The number of nitrogens with zero attached hydrogens (tertiary/aromatic N) is 8. The van der Waals surface area contributed by atoms with Crippen LogP contribution in [0.5, 0.6) is 0 Å². The Labute approximate surface area is 520 Å². The molecule has 0 atom stereocenters. The minimum atomic E-state index is -2.12. The van der Waals surface area contributed by atoms with Gasteiger partial charge in [-0.05, 0) is 169 Å². The van der Waals surface area contributed by atoms with E-state index in [1.54, 1.807) is 12.3 Å². The topological polar surface area (TPSA) is 120 Å². The second kappa shape index (κ2) is 23.2. The highest BCUT2D eigenvalue weighted by molar-refractivity contribution is 6.09. The molecule has 0 fully saturated rings. The van der Waals surface area contributed by atoms with E-state index in [4.69, 9.17) is 21.8 Å². The minimum absolute atomic E-state index is 0.321. The molecule has 0 spiro atoms. The van der Waals surface area contributed by atoms with E-state index < -0.39 is 6.85 Å². The summed E-state index contributed by atoms with van der Waals surface area (Å²) in [6.45, 7) is 14.2. The molecule has 12 aromatic heterocycles. The van der Waals surface area contributed by atoms with Gasteiger partial charge >= 0.3 is 0 Å². The monoisotopic (exact) mass is 1170 g/mol. The van der Waals surface area contributed by atoms with Gasteiger partial charge in [-0.2, -0.15) is 0 Å². The van der Waals surface area contributed by atoms with Crippen LogP contribution in [-0.4, -0.2) is 19.9 Å². The summed E-state index contributed by atoms with van der Waals surface area (Å²) in [4.78, 5) is 17.9. The SMILES string of the molecule is Cc1cc2c(cn1)oc1cc(C)c(-c3cccc[n+]3C)cc12.Cc1cc2oc3cc(C)c(-c4cccc[n+]4C)cc3c2cn1.Cc1ccc2c(n1)oc1cc(C)c(-c3cccc[n+]3C)cc12.[2H]C([2H])([2H])c1ccc(-c2c(C)nc3oc4ccccc4c3c2C)[n+](C)c1. The molecule has 16 aromatic rings. The minimum Gasteiger partial charge on any atom is -0.456 e. The predicted octanol–water partition coefficient (Wildman–Crippen LogP) is 16.7. The van der Waals surface area contributed by atoms with Crippen LogP contribution in [0.1, 0.15) is 54.7 Å². The number of pyridine rings is 8. The van der Waals surface area contributed by atoms with Crippen LogP contribution in [0.15, 0.2) is 207 Å². The van der Waals surface area contributed by atoms with Crippen molar-refractivity contribution in [1.29, 1.82) is 0 Å². The fraction of sp³-hybridized carbons (Fsp3) is 0.169. The van der Waals surface area contributed by atoms with Crippen molar-refractivity contribution in [2.75, 3.05) is 0 Å². The average Bonchev–Trinajstić information content (AvgIpc) is 1.84. The lowest BCUT2D eigenvalue weighted by Gasteiger charge is -2.09. The van der Waals surface area contributed by atoms with Crippen molar-refractivity contribution < 1.29 is 40.0 Å². The Morgan fingerprint density at radius 3 is 1.47 bits per heavy atom. The lowest BCUT2D eigenvalue weighted by molar-refractivity contribution is -0.660. The fourth-order valence-electron chi connectivity index (χ4n) is 12.3. The molecule has 0 saturated carbocycles. The van der Waals surface area contributed by atoms with Crippen molar-refractivity contribution in [2.24, 2.45) is 28.2 Å². The lowest BCUT2D eigenvalue weighted by atomic mass is 9.99. The standard InChI is InChI=1S/C20H19N2O.3C19H17N2O/c1-12-9-10-16(22(4)11-12)18-13(2)19-15-7-5-6-8-17(15)23-20(19)21-14(18)3;1-12-10-18-16(14-8-7-13(2)20-19(14)22-18)11-15(12)17-6-4-5-9-21(17)3;1-12-8-18-15(16-11-20-13(2)9-19(16)22-18)10-14(12)17-6-4-5-7-21(17)3;1-12-8-18-16(15-9-13(2)20-11-19(15)22-18)10-14(12)17-6-4-5-7-21(17)3/h5-11H,1-4H3;3*4-11H,1-3H3/q4*+1/i1D3;;;. The Morgan fingerprint density at radius 1 is 0.371 bits per heavy atom. The number of benzene rings is 4. The van der Waals surface area contributed by atoms with Crippen LogP contribution in [0.3, 0.4) is 0 Å². The smallest absolute Gasteiger partial charge is 0.227 e. The van der Waals surface area contributed by atoms with Gasteiger partial charge in [0.15, 0.2) is 30.4 Å². The third-order valence-corrected chi connectivity index (χ3v) is 16.8. The summed E-state index contributed by atoms with van der Waals surface area (Å²) >= 11 is 0. The van der Waals surface area contributed by atoms with Crippen molar-refractivity contribution in [3.63, 3.8) is 0 Å². The number of fused-ring (bicyclic) bond motifs is 12. The molecular formula is C77H70N8O4+4. The number of rotatable bonds is 4. The van der Waals surface area contributed by atoms with E-state index in [2.05, 4.69) is 186 Å². The first kappa shape index (κ1) is 53.7. The zero-order valence-electron chi connectivity index (χ0n) is 55.1. The van der Waals surface area contributed by atoms with Gasteiger partial charge in [-0.15, -0.1) is 0 Å². The highest BCUT2D eigenvalue weighted by Gasteiger charge is 2.23. The van der Waals surface area contributed by atoms with Crippen LogP contribution in [0, 0.1) is 62.2 Å². The summed E-state index contributed by atoms with van der Waals surface area (Å²) in [7, 11) is 8.07. The maximum Gasteiger partial charge on any atom is 0.227 e. The number of hydrogen-bond donors (Lipinski definition) is 0. The Balaban J connectivity index is 0.000000112.